The second-order valence-corrected chi connectivity index (χ2v) is 5.31. The van der Waals surface area contributed by atoms with Crippen LogP contribution in [0.15, 0.2) is 34.9 Å². The van der Waals surface area contributed by atoms with Gasteiger partial charge in [-0.15, -0.1) is 5.10 Å². The first-order valence-corrected chi connectivity index (χ1v) is 7.26. The van der Waals surface area contributed by atoms with Crippen molar-refractivity contribution in [2.45, 2.75) is 33.4 Å². The molecular weight excluding hydrogens is 278 g/mol. The molecule has 2 N–H and O–H groups in total. The molecule has 0 fully saturated rings. The van der Waals surface area contributed by atoms with Crippen molar-refractivity contribution in [2.24, 2.45) is 5.73 Å². The van der Waals surface area contributed by atoms with Crippen LogP contribution in [0.25, 0.3) is 0 Å². The molecule has 0 atom stereocenters. The predicted octanol–water partition coefficient (Wildman–Crippen LogP) is 1.98. The van der Waals surface area contributed by atoms with Gasteiger partial charge in [-0.2, -0.15) is 0 Å². The van der Waals surface area contributed by atoms with Gasteiger partial charge < -0.3 is 10.3 Å². The van der Waals surface area contributed by atoms with E-state index in [0.29, 0.717) is 13.1 Å². The van der Waals surface area contributed by atoms with Gasteiger partial charge in [-0.3, -0.25) is 0 Å². The van der Waals surface area contributed by atoms with Crippen LogP contribution in [-0.2, 0) is 19.5 Å². The lowest BCUT2D eigenvalue weighted by molar-refractivity contribution is 0.391. The van der Waals surface area contributed by atoms with Gasteiger partial charge in [0.1, 0.15) is 5.76 Å². The Morgan fingerprint density at radius 2 is 1.95 bits per heavy atom. The van der Waals surface area contributed by atoms with Crippen LogP contribution in [0.1, 0.15) is 34.0 Å². The zero-order valence-electron chi connectivity index (χ0n) is 12.8. The molecule has 3 rings (SSSR count). The van der Waals surface area contributed by atoms with Gasteiger partial charge >= 0.3 is 0 Å². The Morgan fingerprint density at radius 1 is 1.18 bits per heavy atom. The van der Waals surface area contributed by atoms with Gasteiger partial charge in [-0.1, -0.05) is 40.7 Å². The van der Waals surface area contributed by atoms with E-state index in [1.54, 1.807) is 0 Å². The molecule has 0 amide bonds. The maximum atomic E-state index is 5.80. The lowest BCUT2D eigenvalue weighted by Crippen LogP contribution is -2.10. The van der Waals surface area contributed by atoms with Gasteiger partial charge in [0.05, 0.1) is 23.6 Å². The van der Waals surface area contributed by atoms with Gasteiger partial charge in [0.25, 0.3) is 0 Å². The van der Waals surface area contributed by atoms with E-state index < -0.39 is 0 Å². The topological polar surface area (TPSA) is 82.8 Å². The molecule has 0 aliphatic carbocycles. The van der Waals surface area contributed by atoms with Crippen molar-refractivity contribution < 1.29 is 4.52 Å². The third kappa shape index (κ3) is 2.78. The highest BCUT2D eigenvalue weighted by molar-refractivity contribution is 5.26. The highest BCUT2D eigenvalue weighted by Gasteiger charge is 2.16. The standard InChI is InChI=1S/C16H19N5O/c1-11-14(12(2)22-19-11)10-21-16(15(9-17)18-20-21)8-13-6-4-3-5-7-13/h3-7H,8-10,17H2,1-2H3. The van der Waals surface area contributed by atoms with E-state index >= 15 is 0 Å². The molecule has 2 aromatic heterocycles. The van der Waals surface area contributed by atoms with E-state index in [1.807, 2.05) is 36.7 Å². The number of aromatic nitrogens is 4. The molecule has 0 unspecified atom stereocenters. The summed E-state index contributed by atoms with van der Waals surface area (Å²) in [5.41, 5.74) is 10.8. The summed E-state index contributed by atoms with van der Waals surface area (Å²) in [6, 6.07) is 10.2. The van der Waals surface area contributed by atoms with Crippen molar-refractivity contribution in [3.05, 3.63) is 64.3 Å². The molecule has 0 spiro atoms. The fourth-order valence-corrected chi connectivity index (χ4v) is 2.51. The number of rotatable bonds is 5. The number of hydrogen-bond acceptors (Lipinski definition) is 5. The number of nitrogens with zero attached hydrogens (tertiary/aromatic N) is 4. The lowest BCUT2D eigenvalue weighted by atomic mass is 10.1. The summed E-state index contributed by atoms with van der Waals surface area (Å²) >= 11 is 0. The summed E-state index contributed by atoms with van der Waals surface area (Å²) < 4.78 is 7.11. The van der Waals surface area contributed by atoms with E-state index in [1.165, 1.54) is 5.56 Å². The molecule has 0 saturated carbocycles. The molecule has 2 heterocycles. The van der Waals surface area contributed by atoms with Gasteiger partial charge in [0.2, 0.25) is 0 Å². The highest BCUT2D eigenvalue weighted by atomic mass is 16.5. The summed E-state index contributed by atoms with van der Waals surface area (Å²) in [7, 11) is 0. The van der Waals surface area contributed by atoms with Gasteiger partial charge in [0.15, 0.2) is 0 Å². The average Bonchev–Trinajstić information content (AvgIpc) is 3.06. The van der Waals surface area contributed by atoms with Crippen LogP contribution >= 0.6 is 0 Å². The summed E-state index contributed by atoms with van der Waals surface area (Å²) in [4.78, 5) is 0. The molecule has 6 nitrogen and oxygen atoms in total. The van der Waals surface area contributed by atoms with E-state index in [-0.39, 0.29) is 0 Å². The monoisotopic (exact) mass is 297 g/mol. The van der Waals surface area contributed by atoms with E-state index in [0.717, 1.165) is 34.8 Å². The maximum Gasteiger partial charge on any atom is 0.138 e. The highest BCUT2D eigenvalue weighted by Crippen LogP contribution is 2.17. The molecular formula is C16H19N5O. The first-order valence-electron chi connectivity index (χ1n) is 7.26. The fourth-order valence-electron chi connectivity index (χ4n) is 2.51. The van der Waals surface area contributed by atoms with Crippen molar-refractivity contribution in [3.8, 4) is 0 Å². The maximum absolute atomic E-state index is 5.80. The Labute approximate surface area is 128 Å². The number of aryl methyl sites for hydroxylation is 2. The Morgan fingerprint density at radius 3 is 2.59 bits per heavy atom. The molecule has 1 aromatic carbocycles. The van der Waals surface area contributed by atoms with E-state index in [4.69, 9.17) is 10.3 Å². The molecule has 114 valence electrons. The van der Waals surface area contributed by atoms with Crippen molar-refractivity contribution in [1.29, 1.82) is 0 Å². The number of benzene rings is 1. The second-order valence-electron chi connectivity index (χ2n) is 5.31. The fraction of sp³-hybridized carbons (Fsp3) is 0.312. The Kier molecular flexibility index (Phi) is 4.02. The summed E-state index contributed by atoms with van der Waals surface area (Å²) in [5, 5.41) is 12.5. The summed E-state index contributed by atoms with van der Waals surface area (Å²) in [6.45, 7) is 4.82. The third-order valence-corrected chi connectivity index (χ3v) is 3.81. The van der Waals surface area contributed by atoms with E-state index in [9.17, 15) is 0 Å². The van der Waals surface area contributed by atoms with Gasteiger partial charge in [-0.25, -0.2) is 4.68 Å². The number of hydrogen-bond donors (Lipinski definition) is 1. The molecule has 0 aliphatic heterocycles. The average molecular weight is 297 g/mol. The van der Waals surface area contributed by atoms with Gasteiger partial charge in [-0.05, 0) is 19.4 Å². The molecule has 0 aliphatic rings. The zero-order chi connectivity index (χ0) is 15.5. The molecule has 0 radical (unpaired) electrons. The number of nitrogens with two attached hydrogens (primary N) is 1. The first-order chi connectivity index (χ1) is 10.7. The van der Waals surface area contributed by atoms with Crippen LogP contribution in [0, 0.1) is 13.8 Å². The predicted molar refractivity (Wildman–Crippen MR) is 82.2 cm³/mol. The molecule has 0 bridgehead atoms. The van der Waals surface area contributed by atoms with Crippen LogP contribution in [0.2, 0.25) is 0 Å². The van der Waals surface area contributed by atoms with Crippen LogP contribution in [0.4, 0.5) is 0 Å². The minimum atomic E-state index is 0.379. The SMILES string of the molecule is Cc1noc(C)c1Cn1nnc(CN)c1Cc1ccccc1. The Bertz CT molecular complexity index is 741. The van der Waals surface area contributed by atoms with Crippen molar-refractivity contribution >= 4 is 0 Å². The minimum absolute atomic E-state index is 0.379. The van der Waals surface area contributed by atoms with Crippen LogP contribution in [-0.4, -0.2) is 20.2 Å². The largest absolute Gasteiger partial charge is 0.361 e. The first kappa shape index (κ1) is 14.5. The van der Waals surface area contributed by atoms with Crippen LogP contribution in [0.5, 0.6) is 0 Å². The quantitative estimate of drug-likeness (QED) is 0.778. The zero-order valence-corrected chi connectivity index (χ0v) is 12.8. The molecule has 22 heavy (non-hydrogen) atoms. The summed E-state index contributed by atoms with van der Waals surface area (Å²) in [6.07, 6.45) is 0.754. The second kappa shape index (κ2) is 6.11. The normalized spacial score (nSPS) is 11.0. The third-order valence-electron chi connectivity index (χ3n) is 3.81. The smallest absolute Gasteiger partial charge is 0.138 e. The Balaban J connectivity index is 1.93. The van der Waals surface area contributed by atoms with Crippen LogP contribution < -0.4 is 5.73 Å². The Hall–Kier alpha value is -2.47. The summed E-state index contributed by atoms with van der Waals surface area (Å²) in [5.74, 6) is 0.813. The van der Waals surface area contributed by atoms with Crippen LogP contribution in [0.3, 0.4) is 0 Å². The molecule has 0 saturated heterocycles. The van der Waals surface area contributed by atoms with Crippen molar-refractivity contribution in [2.75, 3.05) is 0 Å². The van der Waals surface area contributed by atoms with Crippen molar-refractivity contribution in [3.63, 3.8) is 0 Å². The minimum Gasteiger partial charge on any atom is -0.361 e. The van der Waals surface area contributed by atoms with Gasteiger partial charge in [0, 0.05) is 18.5 Å². The van der Waals surface area contributed by atoms with Crippen molar-refractivity contribution in [1.82, 2.24) is 20.2 Å². The van der Waals surface area contributed by atoms with E-state index in [2.05, 4.69) is 27.6 Å². The molecule has 6 heteroatoms. The lowest BCUT2D eigenvalue weighted by Gasteiger charge is -2.08. The molecule has 3 aromatic rings.